The van der Waals surface area contributed by atoms with E-state index in [-0.39, 0.29) is 16.8 Å². The summed E-state index contributed by atoms with van der Waals surface area (Å²) in [4.78, 5) is 12.9. The third-order valence-electron chi connectivity index (χ3n) is 3.07. The van der Waals surface area contributed by atoms with Crippen LogP contribution in [0, 0.1) is 12.8 Å². The van der Waals surface area contributed by atoms with E-state index in [0.29, 0.717) is 15.7 Å². The van der Waals surface area contributed by atoms with Gasteiger partial charge in [-0.15, -0.1) is 11.3 Å². The molecule has 1 saturated carbocycles. The van der Waals surface area contributed by atoms with Crippen LogP contribution in [-0.4, -0.2) is 20.4 Å². The van der Waals surface area contributed by atoms with Crippen molar-refractivity contribution < 1.29 is 13.2 Å². The Kier molecular flexibility index (Phi) is 3.71. The fraction of sp³-hybridized carbons (Fsp3) is 0.545. The molecule has 0 saturated heterocycles. The summed E-state index contributed by atoms with van der Waals surface area (Å²) >= 11 is 1.15. The molecule has 18 heavy (non-hydrogen) atoms. The van der Waals surface area contributed by atoms with Gasteiger partial charge in [-0.1, -0.05) is 6.92 Å². The first kappa shape index (κ1) is 13.8. The first-order valence-corrected chi connectivity index (χ1v) is 8.76. The molecule has 1 aromatic rings. The molecule has 0 aromatic carbocycles. The number of halogens is 1. The monoisotopic (exact) mass is 307 g/mol. The summed E-state index contributed by atoms with van der Waals surface area (Å²) in [5.74, 6) is 0.436. The normalized spacial score (nSPS) is 23.5. The molecule has 1 aliphatic carbocycles. The molecule has 1 N–H and O–H groups in total. The Labute approximate surface area is 115 Å². The van der Waals surface area contributed by atoms with E-state index in [1.807, 2.05) is 0 Å². The number of carbonyl (C=O) groups excluding carboxylic acids is 1. The molecule has 0 aliphatic heterocycles. The van der Waals surface area contributed by atoms with E-state index in [1.54, 1.807) is 6.92 Å². The summed E-state index contributed by atoms with van der Waals surface area (Å²) in [6, 6.07) is 1.56. The number of thiophene rings is 1. The Morgan fingerprint density at radius 1 is 1.50 bits per heavy atom. The molecule has 1 heterocycles. The Hall–Kier alpha value is -0.590. The predicted octanol–water partition coefficient (Wildman–Crippen LogP) is 2.51. The largest absolute Gasteiger partial charge is 0.349 e. The summed E-state index contributed by atoms with van der Waals surface area (Å²) in [6.07, 6.45) is 1.97. The number of hydrogen-bond donors (Lipinski definition) is 1. The van der Waals surface area contributed by atoms with Crippen molar-refractivity contribution in [3.8, 4) is 0 Å². The first-order chi connectivity index (χ1) is 8.27. The van der Waals surface area contributed by atoms with Crippen molar-refractivity contribution >= 4 is 37.0 Å². The van der Waals surface area contributed by atoms with Crippen LogP contribution in [0.15, 0.2) is 11.0 Å². The van der Waals surface area contributed by atoms with Gasteiger partial charge in [-0.3, -0.25) is 4.79 Å². The highest BCUT2D eigenvalue weighted by Gasteiger charge is 2.28. The van der Waals surface area contributed by atoms with Gasteiger partial charge in [-0.25, -0.2) is 8.42 Å². The van der Waals surface area contributed by atoms with Crippen molar-refractivity contribution in [2.45, 2.75) is 37.6 Å². The van der Waals surface area contributed by atoms with Gasteiger partial charge >= 0.3 is 0 Å². The van der Waals surface area contributed by atoms with Crippen molar-refractivity contribution in [2.75, 3.05) is 0 Å². The molecule has 7 heteroatoms. The van der Waals surface area contributed by atoms with Crippen LogP contribution in [0.25, 0.3) is 0 Å². The molecular formula is C11H14ClNO3S2. The molecule has 1 fully saturated rings. The highest BCUT2D eigenvalue weighted by molar-refractivity contribution is 8.13. The maximum atomic E-state index is 11.9. The molecular weight excluding hydrogens is 294 g/mol. The predicted molar refractivity (Wildman–Crippen MR) is 71.7 cm³/mol. The van der Waals surface area contributed by atoms with Crippen molar-refractivity contribution in [1.82, 2.24) is 5.32 Å². The summed E-state index contributed by atoms with van der Waals surface area (Å²) in [5, 5.41) is 2.89. The van der Waals surface area contributed by atoms with Crippen LogP contribution in [0.5, 0.6) is 0 Å². The van der Waals surface area contributed by atoms with E-state index in [4.69, 9.17) is 10.7 Å². The van der Waals surface area contributed by atoms with Crippen LogP contribution in [0.4, 0.5) is 0 Å². The quantitative estimate of drug-likeness (QED) is 0.873. The molecule has 100 valence electrons. The number of hydrogen-bond acceptors (Lipinski definition) is 4. The zero-order valence-electron chi connectivity index (χ0n) is 10.1. The molecule has 0 atom stereocenters. The second-order valence-corrected chi connectivity index (χ2v) is 8.51. The standard InChI is InChI=1S/C11H14ClNO3S2/c1-6-3-8(4-6)13-11(14)9-5-10(7(2)17-9)18(12,15)16/h5-6,8H,3-4H2,1-2H3,(H,13,14). The average molecular weight is 308 g/mol. The Balaban J connectivity index is 2.12. The lowest BCUT2D eigenvalue weighted by Gasteiger charge is -2.33. The zero-order chi connectivity index (χ0) is 13.5. The molecule has 2 rings (SSSR count). The molecule has 0 radical (unpaired) electrons. The molecule has 0 spiro atoms. The van der Waals surface area contributed by atoms with Gasteiger partial charge in [0, 0.05) is 21.6 Å². The maximum Gasteiger partial charge on any atom is 0.262 e. The van der Waals surface area contributed by atoms with Crippen LogP contribution in [0.3, 0.4) is 0 Å². The van der Waals surface area contributed by atoms with Crippen LogP contribution in [0.1, 0.15) is 34.3 Å². The van der Waals surface area contributed by atoms with Crippen LogP contribution in [0.2, 0.25) is 0 Å². The van der Waals surface area contributed by atoms with E-state index in [1.165, 1.54) is 6.07 Å². The van der Waals surface area contributed by atoms with E-state index in [0.717, 1.165) is 24.2 Å². The van der Waals surface area contributed by atoms with Crippen LogP contribution >= 0.6 is 22.0 Å². The van der Waals surface area contributed by atoms with Gasteiger partial charge in [0.05, 0.1) is 9.77 Å². The van der Waals surface area contributed by atoms with E-state index in [2.05, 4.69) is 12.2 Å². The van der Waals surface area contributed by atoms with Crippen molar-refractivity contribution in [3.05, 3.63) is 15.8 Å². The fourth-order valence-electron chi connectivity index (χ4n) is 2.10. The van der Waals surface area contributed by atoms with E-state index < -0.39 is 9.05 Å². The summed E-state index contributed by atoms with van der Waals surface area (Å²) in [7, 11) is 1.52. The molecule has 0 unspecified atom stereocenters. The molecule has 4 nitrogen and oxygen atoms in total. The lowest BCUT2D eigenvalue weighted by atomic mass is 9.82. The zero-order valence-corrected chi connectivity index (χ0v) is 12.5. The number of rotatable bonds is 3. The number of aryl methyl sites for hydroxylation is 1. The van der Waals surface area contributed by atoms with Crippen LogP contribution < -0.4 is 5.32 Å². The fourth-order valence-corrected chi connectivity index (χ4v) is 4.66. The first-order valence-electron chi connectivity index (χ1n) is 5.63. The van der Waals surface area contributed by atoms with Gasteiger partial charge in [-0.05, 0) is 31.7 Å². The Morgan fingerprint density at radius 2 is 2.11 bits per heavy atom. The molecule has 1 aromatic heterocycles. The summed E-state index contributed by atoms with van der Waals surface area (Å²) in [6.45, 7) is 3.78. The molecule has 1 amide bonds. The highest BCUT2D eigenvalue weighted by Crippen LogP contribution is 2.30. The van der Waals surface area contributed by atoms with Gasteiger partial charge in [0.25, 0.3) is 15.0 Å². The van der Waals surface area contributed by atoms with Crippen molar-refractivity contribution in [1.29, 1.82) is 0 Å². The van der Waals surface area contributed by atoms with Crippen LogP contribution in [-0.2, 0) is 9.05 Å². The lowest BCUT2D eigenvalue weighted by Crippen LogP contribution is -2.43. The van der Waals surface area contributed by atoms with Gasteiger partial charge < -0.3 is 5.32 Å². The Bertz CT molecular complexity index is 573. The minimum atomic E-state index is -3.77. The summed E-state index contributed by atoms with van der Waals surface area (Å²) < 4.78 is 22.5. The van der Waals surface area contributed by atoms with E-state index in [9.17, 15) is 13.2 Å². The highest BCUT2D eigenvalue weighted by atomic mass is 35.7. The van der Waals surface area contributed by atoms with Crippen molar-refractivity contribution in [2.24, 2.45) is 5.92 Å². The smallest absolute Gasteiger partial charge is 0.262 e. The van der Waals surface area contributed by atoms with Gasteiger partial charge in [-0.2, -0.15) is 0 Å². The third kappa shape index (κ3) is 2.87. The average Bonchev–Trinajstić information content (AvgIpc) is 2.57. The second kappa shape index (κ2) is 4.83. The van der Waals surface area contributed by atoms with E-state index >= 15 is 0 Å². The minimum absolute atomic E-state index is 0.0290. The topological polar surface area (TPSA) is 63.2 Å². The number of nitrogens with one attached hydrogen (secondary N) is 1. The van der Waals surface area contributed by atoms with Crippen molar-refractivity contribution in [3.63, 3.8) is 0 Å². The Morgan fingerprint density at radius 3 is 2.56 bits per heavy atom. The minimum Gasteiger partial charge on any atom is -0.349 e. The lowest BCUT2D eigenvalue weighted by molar-refractivity contribution is 0.0900. The summed E-state index contributed by atoms with van der Waals surface area (Å²) in [5.41, 5.74) is 0. The van der Waals surface area contributed by atoms with Gasteiger partial charge in [0.1, 0.15) is 0 Å². The molecule has 0 bridgehead atoms. The molecule has 1 aliphatic rings. The number of carbonyl (C=O) groups is 1. The maximum absolute atomic E-state index is 11.9. The van der Waals surface area contributed by atoms with Gasteiger partial charge in [0.2, 0.25) is 0 Å². The third-order valence-corrected chi connectivity index (χ3v) is 5.69. The second-order valence-electron chi connectivity index (χ2n) is 4.72. The number of amides is 1. The SMILES string of the molecule is Cc1sc(C(=O)NC2CC(C)C2)cc1S(=O)(=O)Cl. The van der Waals surface area contributed by atoms with Gasteiger partial charge in [0.15, 0.2) is 0 Å².